The van der Waals surface area contributed by atoms with Gasteiger partial charge in [-0.25, -0.2) is 9.97 Å². The average Bonchev–Trinajstić information content (AvgIpc) is 2.64. The summed E-state index contributed by atoms with van der Waals surface area (Å²) < 4.78 is 1.34. The topological polar surface area (TPSA) is 67.1 Å². The van der Waals surface area contributed by atoms with Crippen molar-refractivity contribution in [1.82, 2.24) is 19.7 Å². The van der Waals surface area contributed by atoms with Crippen LogP contribution in [0.1, 0.15) is 0 Å². The first kappa shape index (κ1) is 9.45. The van der Waals surface area contributed by atoms with Crippen LogP contribution >= 0.6 is 0 Å². The molecule has 0 aromatic carbocycles. The van der Waals surface area contributed by atoms with Gasteiger partial charge in [0.1, 0.15) is 12.1 Å². The van der Waals surface area contributed by atoms with Crippen LogP contribution in [-0.2, 0) is 0 Å². The Hall–Kier alpha value is -2.11. The van der Waals surface area contributed by atoms with E-state index in [0.29, 0.717) is 5.82 Å². The molecule has 0 atom stereocenters. The Morgan fingerprint density at radius 2 is 2.13 bits per heavy atom. The largest absolute Gasteiger partial charge is 0.493 e. The van der Waals surface area contributed by atoms with Crippen molar-refractivity contribution < 1.29 is 5.11 Å². The number of aromatic nitrogens is 4. The molecule has 6 heteroatoms. The molecule has 78 valence electrons. The van der Waals surface area contributed by atoms with Crippen LogP contribution in [0.3, 0.4) is 0 Å². The highest BCUT2D eigenvalue weighted by atomic mass is 16.3. The van der Waals surface area contributed by atoms with E-state index in [-0.39, 0.29) is 5.88 Å². The van der Waals surface area contributed by atoms with Gasteiger partial charge >= 0.3 is 0 Å². The van der Waals surface area contributed by atoms with Crippen LogP contribution in [0.25, 0.3) is 5.82 Å². The van der Waals surface area contributed by atoms with Crippen molar-refractivity contribution in [3.8, 4) is 11.7 Å². The SMILES string of the molecule is CN(C)c1cc(-n2nccc2O)ncn1. The highest BCUT2D eigenvalue weighted by Crippen LogP contribution is 2.15. The van der Waals surface area contributed by atoms with E-state index < -0.39 is 0 Å². The Balaban J connectivity index is 2.46. The predicted molar refractivity (Wildman–Crippen MR) is 55.1 cm³/mol. The summed E-state index contributed by atoms with van der Waals surface area (Å²) in [4.78, 5) is 9.95. The Morgan fingerprint density at radius 1 is 1.33 bits per heavy atom. The van der Waals surface area contributed by atoms with Crippen molar-refractivity contribution in [2.45, 2.75) is 0 Å². The molecule has 1 N–H and O–H groups in total. The van der Waals surface area contributed by atoms with Gasteiger partial charge in [0.25, 0.3) is 0 Å². The van der Waals surface area contributed by atoms with E-state index in [0.717, 1.165) is 5.82 Å². The van der Waals surface area contributed by atoms with Gasteiger partial charge in [0.05, 0.1) is 6.20 Å². The molecule has 15 heavy (non-hydrogen) atoms. The molecule has 0 amide bonds. The minimum Gasteiger partial charge on any atom is -0.493 e. The molecule has 0 bridgehead atoms. The van der Waals surface area contributed by atoms with Crippen LogP contribution in [0.5, 0.6) is 5.88 Å². The zero-order chi connectivity index (χ0) is 10.8. The van der Waals surface area contributed by atoms with Gasteiger partial charge in [-0.2, -0.15) is 9.78 Å². The zero-order valence-corrected chi connectivity index (χ0v) is 8.49. The molecule has 6 nitrogen and oxygen atoms in total. The van der Waals surface area contributed by atoms with Crippen molar-refractivity contribution in [3.05, 3.63) is 24.7 Å². The number of anilines is 1. The van der Waals surface area contributed by atoms with Gasteiger partial charge in [-0.3, -0.25) is 0 Å². The van der Waals surface area contributed by atoms with E-state index in [1.807, 2.05) is 19.0 Å². The van der Waals surface area contributed by atoms with Gasteiger partial charge in [0.15, 0.2) is 5.82 Å². The summed E-state index contributed by atoms with van der Waals surface area (Å²) >= 11 is 0. The number of nitrogens with zero attached hydrogens (tertiary/aromatic N) is 5. The summed E-state index contributed by atoms with van der Waals surface area (Å²) in [6, 6.07) is 3.24. The first-order chi connectivity index (χ1) is 7.18. The number of aromatic hydroxyl groups is 1. The average molecular weight is 205 g/mol. The van der Waals surface area contributed by atoms with Crippen molar-refractivity contribution in [2.75, 3.05) is 19.0 Å². The third-order valence-electron chi connectivity index (χ3n) is 1.94. The van der Waals surface area contributed by atoms with E-state index in [1.54, 1.807) is 6.07 Å². The van der Waals surface area contributed by atoms with Crippen molar-refractivity contribution >= 4 is 5.82 Å². The van der Waals surface area contributed by atoms with E-state index in [9.17, 15) is 5.11 Å². The first-order valence-electron chi connectivity index (χ1n) is 4.41. The molecule has 0 saturated carbocycles. The third-order valence-corrected chi connectivity index (χ3v) is 1.94. The van der Waals surface area contributed by atoms with Crippen LogP contribution in [-0.4, -0.2) is 39.0 Å². The standard InChI is InChI=1S/C9H11N5O/c1-13(2)7-5-8(11-6-10-7)14-9(15)3-4-12-14/h3-6,15H,1-2H3. The molecule has 2 aromatic heterocycles. The van der Waals surface area contributed by atoms with Crippen molar-refractivity contribution in [2.24, 2.45) is 0 Å². The fraction of sp³-hybridized carbons (Fsp3) is 0.222. The predicted octanol–water partition coefficient (Wildman–Crippen LogP) is 0.434. The van der Waals surface area contributed by atoms with Gasteiger partial charge in [-0.05, 0) is 0 Å². The molecular weight excluding hydrogens is 194 g/mol. The maximum atomic E-state index is 9.46. The minimum absolute atomic E-state index is 0.0541. The van der Waals surface area contributed by atoms with Crippen molar-refractivity contribution in [3.63, 3.8) is 0 Å². The van der Waals surface area contributed by atoms with Gasteiger partial charge in [-0.15, -0.1) is 0 Å². The second-order valence-electron chi connectivity index (χ2n) is 3.23. The van der Waals surface area contributed by atoms with E-state index >= 15 is 0 Å². The van der Waals surface area contributed by atoms with Gasteiger partial charge in [-0.1, -0.05) is 0 Å². The molecule has 2 aromatic rings. The first-order valence-corrected chi connectivity index (χ1v) is 4.41. The number of hydrogen-bond acceptors (Lipinski definition) is 5. The lowest BCUT2D eigenvalue weighted by atomic mass is 10.5. The quantitative estimate of drug-likeness (QED) is 0.770. The second kappa shape index (κ2) is 3.56. The van der Waals surface area contributed by atoms with Crippen LogP contribution < -0.4 is 4.90 Å². The number of rotatable bonds is 2. The molecule has 0 radical (unpaired) electrons. The molecule has 0 aliphatic heterocycles. The van der Waals surface area contributed by atoms with Gasteiger partial charge in [0.2, 0.25) is 5.88 Å². The highest BCUT2D eigenvalue weighted by molar-refractivity contribution is 5.42. The fourth-order valence-electron chi connectivity index (χ4n) is 1.17. The molecule has 0 fully saturated rings. The van der Waals surface area contributed by atoms with Crippen LogP contribution in [0.2, 0.25) is 0 Å². The Bertz CT molecular complexity index is 465. The van der Waals surface area contributed by atoms with Crippen LogP contribution in [0.4, 0.5) is 5.82 Å². The molecule has 2 heterocycles. The van der Waals surface area contributed by atoms with E-state index in [2.05, 4.69) is 15.1 Å². The van der Waals surface area contributed by atoms with Gasteiger partial charge < -0.3 is 10.0 Å². The lowest BCUT2D eigenvalue weighted by Gasteiger charge is -2.11. The monoisotopic (exact) mass is 205 g/mol. The summed E-state index contributed by atoms with van der Waals surface area (Å²) in [6.45, 7) is 0. The van der Waals surface area contributed by atoms with Crippen molar-refractivity contribution in [1.29, 1.82) is 0 Å². The Labute approximate surface area is 86.8 Å². The maximum absolute atomic E-state index is 9.46. The normalized spacial score (nSPS) is 10.3. The maximum Gasteiger partial charge on any atom is 0.215 e. The molecule has 2 rings (SSSR count). The third kappa shape index (κ3) is 1.74. The molecular formula is C9H11N5O. The highest BCUT2D eigenvalue weighted by Gasteiger charge is 2.06. The summed E-state index contributed by atoms with van der Waals surface area (Å²) in [5.74, 6) is 1.35. The van der Waals surface area contributed by atoms with E-state index in [4.69, 9.17) is 0 Å². The minimum atomic E-state index is 0.0541. The molecule has 0 unspecified atom stereocenters. The lowest BCUT2D eigenvalue weighted by molar-refractivity contribution is 0.432. The van der Waals surface area contributed by atoms with Crippen LogP contribution in [0, 0.1) is 0 Å². The molecule has 0 spiro atoms. The summed E-state index contributed by atoms with van der Waals surface area (Å²) in [7, 11) is 3.77. The number of hydrogen-bond donors (Lipinski definition) is 1. The summed E-state index contributed by atoms with van der Waals surface area (Å²) in [6.07, 6.45) is 2.94. The second-order valence-corrected chi connectivity index (χ2v) is 3.23. The smallest absolute Gasteiger partial charge is 0.215 e. The van der Waals surface area contributed by atoms with E-state index in [1.165, 1.54) is 23.3 Å². The Morgan fingerprint density at radius 3 is 2.73 bits per heavy atom. The fourth-order valence-corrected chi connectivity index (χ4v) is 1.17. The summed E-state index contributed by atoms with van der Waals surface area (Å²) in [5, 5.41) is 13.4. The van der Waals surface area contributed by atoms with Crippen LogP contribution in [0.15, 0.2) is 24.7 Å². The summed E-state index contributed by atoms with van der Waals surface area (Å²) in [5.41, 5.74) is 0. The molecule has 0 saturated heterocycles. The zero-order valence-electron chi connectivity index (χ0n) is 8.49. The molecule has 0 aliphatic rings. The Kier molecular flexibility index (Phi) is 2.24. The lowest BCUT2D eigenvalue weighted by Crippen LogP contribution is -2.12. The van der Waals surface area contributed by atoms with Gasteiger partial charge in [0, 0.05) is 26.2 Å². The molecule has 0 aliphatic carbocycles.